The predicted octanol–water partition coefficient (Wildman–Crippen LogP) is 7.37. The number of aliphatic hydroxyl groups is 1. The lowest BCUT2D eigenvalue weighted by atomic mass is 9.84. The number of amides is 3. The van der Waals surface area contributed by atoms with E-state index in [0.717, 1.165) is 91.5 Å². The Morgan fingerprint density at radius 1 is 0.945 bits per heavy atom. The molecule has 3 aromatic heterocycles. The molecule has 5 atom stereocenters. The van der Waals surface area contributed by atoms with E-state index in [2.05, 4.69) is 63.5 Å². The van der Waals surface area contributed by atoms with Gasteiger partial charge in [0.15, 0.2) is 5.82 Å². The number of nitrogens with one attached hydrogen (secondary N) is 2. The zero-order valence-corrected chi connectivity index (χ0v) is 42.6. The summed E-state index contributed by atoms with van der Waals surface area (Å²) < 4.78 is 34.3. The topological polar surface area (TPSA) is 148 Å². The highest BCUT2D eigenvalue weighted by molar-refractivity contribution is 6.02. The highest BCUT2D eigenvalue weighted by atomic mass is 19.1. The van der Waals surface area contributed by atoms with Crippen LogP contribution in [0.5, 0.6) is 0 Å². The number of piperidine rings is 3. The van der Waals surface area contributed by atoms with E-state index in [0.29, 0.717) is 79.4 Å². The number of likely N-dealkylation sites (tertiary alicyclic amines) is 2. The molecule has 4 fully saturated rings. The van der Waals surface area contributed by atoms with Crippen molar-refractivity contribution in [2.45, 2.75) is 115 Å². The summed E-state index contributed by atoms with van der Waals surface area (Å²) in [7, 11) is 3.51. The Bertz CT molecular complexity index is 3090. The number of nitrogens with zero attached hydrogens (tertiary/aromatic N) is 7. The molecular weight excluding hydrogens is 929 g/mol. The van der Waals surface area contributed by atoms with Crippen LogP contribution in [0.3, 0.4) is 0 Å². The number of imide groups is 1. The van der Waals surface area contributed by atoms with Crippen LogP contribution in [0.2, 0.25) is 0 Å². The smallest absolute Gasteiger partial charge is 0.257 e. The summed E-state index contributed by atoms with van der Waals surface area (Å²) in [5.74, 6) is -0.559. The third-order valence-electron chi connectivity index (χ3n) is 17.6. The molecule has 5 aliphatic heterocycles. The molecule has 3 amide bonds. The van der Waals surface area contributed by atoms with E-state index in [1.165, 1.54) is 28.5 Å². The molecule has 1 aliphatic carbocycles. The zero-order chi connectivity index (χ0) is 51.0. The molecule has 1 spiro atoms. The van der Waals surface area contributed by atoms with Gasteiger partial charge in [0.05, 0.1) is 17.6 Å². The zero-order valence-electron chi connectivity index (χ0n) is 42.6. The van der Waals surface area contributed by atoms with Crippen molar-refractivity contribution >= 4 is 45.7 Å². The second kappa shape index (κ2) is 19.2. The van der Waals surface area contributed by atoms with E-state index in [1.54, 1.807) is 19.3 Å². The standard InChI is InChI=1S/C57H67F2N9O5/c1-33-24-40(28-43(58)52(33)39-14-22-64(23-15-39)35(3)49-29-41-46(10-18-61-53(41)63(49)5)67-32-44(59)45(60-4)30-51(67)70)55(72)65-19-11-36(12-20-65)31-66-21-13-38(25-34(66)2)26-37-6-7-47-42(27-37)57(16-17-57)56(73)68(47)48-8-9-50(69)62-54(48)71/h6-7,10,14,18,24,27-30,32,34-36,38,48,56,60,73H,8-9,11-13,15-17,19-23,25-26,31H2,1-5H3,(H,62,69,71)/t34-,35-,38?,48?,56?/m0/s1. The molecular formula is C57H67F2N9O5. The van der Waals surface area contributed by atoms with Gasteiger partial charge < -0.3 is 29.7 Å². The summed E-state index contributed by atoms with van der Waals surface area (Å²) in [4.78, 5) is 65.0. The van der Waals surface area contributed by atoms with Crippen LogP contribution in [-0.4, -0.2) is 116 Å². The summed E-state index contributed by atoms with van der Waals surface area (Å²) in [6.07, 6.45) is 12.3. The van der Waals surface area contributed by atoms with Crippen molar-refractivity contribution in [2.24, 2.45) is 18.9 Å². The maximum atomic E-state index is 16.2. The molecule has 6 aliphatic rings. The Morgan fingerprint density at radius 2 is 1.73 bits per heavy atom. The minimum atomic E-state index is -0.760. The summed E-state index contributed by atoms with van der Waals surface area (Å²) in [6, 6.07) is 14.7. The fourth-order valence-electron chi connectivity index (χ4n) is 13.2. The van der Waals surface area contributed by atoms with Crippen molar-refractivity contribution in [3.8, 4) is 5.69 Å². The predicted molar refractivity (Wildman–Crippen MR) is 278 cm³/mol. The van der Waals surface area contributed by atoms with Gasteiger partial charge >= 0.3 is 0 Å². The molecule has 73 heavy (non-hydrogen) atoms. The second-order valence-corrected chi connectivity index (χ2v) is 21.9. The number of aliphatic hydroxyl groups excluding tert-OH is 1. The van der Waals surface area contributed by atoms with Crippen LogP contribution in [0, 0.1) is 30.4 Å². The van der Waals surface area contributed by atoms with Crippen LogP contribution in [-0.2, 0) is 28.5 Å². The van der Waals surface area contributed by atoms with Crippen molar-refractivity contribution < 1.29 is 28.3 Å². The number of aryl methyl sites for hydroxylation is 2. The van der Waals surface area contributed by atoms with Crippen LogP contribution in [0.15, 0.2) is 71.8 Å². The molecule has 5 aromatic rings. The number of benzene rings is 2. The highest BCUT2D eigenvalue weighted by Crippen LogP contribution is 2.60. The summed E-state index contributed by atoms with van der Waals surface area (Å²) in [5.41, 5.74) is 7.66. The molecule has 8 heterocycles. The van der Waals surface area contributed by atoms with E-state index in [1.807, 2.05) is 40.5 Å². The Hall–Kier alpha value is -6.23. The quantitative estimate of drug-likeness (QED) is 0.115. The Morgan fingerprint density at radius 3 is 2.42 bits per heavy atom. The molecule has 14 nitrogen and oxygen atoms in total. The van der Waals surface area contributed by atoms with Gasteiger partial charge in [-0.2, -0.15) is 0 Å². The van der Waals surface area contributed by atoms with Gasteiger partial charge in [-0.3, -0.25) is 34.0 Å². The molecule has 384 valence electrons. The molecule has 3 N–H and O–H groups in total. The van der Waals surface area contributed by atoms with E-state index in [-0.39, 0.29) is 52.7 Å². The molecule has 3 saturated heterocycles. The summed E-state index contributed by atoms with van der Waals surface area (Å²) in [5, 5.41) is 17.4. The van der Waals surface area contributed by atoms with Crippen LogP contribution >= 0.6 is 0 Å². The Kier molecular flexibility index (Phi) is 12.9. The van der Waals surface area contributed by atoms with Crippen molar-refractivity contribution in [1.29, 1.82) is 0 Å². The van der Waals surface area contributed by atoms with Crippen LogP contribution < -0.4 is 21.1 Å². The van der Waals surface area contributed by atoms with E-state index in [4.69, 9.17) is 0 Å². The van der Waals surface area contributed by atoms with Crippen LogP contribution in [0.25, 0.3) is 22.3 Å². The molecule has 0 bridgehead atoms. The molecule has 11 rings (SSSR count). The number of anilines is 2. The number of fused-ring (bicyclic) bond motifs is 3. The summed E-state index contributed by atoms with van der Waals surface area (Å²) in [6.45, 7) is 11.0. The normalized spacial score (nSPS) is 24.0. The average Bonchev–Trinajstić information content (AvgIpc) is 4.07. The molecule has 16 heteroatoms. The van der Waals surface area contributed by atoms with E-state index < -0.39 is 18.1 Å². The van der Waals surface area contributed by atoms with Gasteiger partial charge in [-0.15, -0.1) is 0 Å². The largest absolute Gasteiger partial charge is 0.386 e. The first-order valence-electron chi connectivity index (χ1n) is 26.4. The molecule has 0 radical (unpaired) electrons. The maximum Gasteiger partial charge on any atom is 0.257 e. The van der Waals surface area contributed by atoms with Gasteiger partial charge in [0.2, 0.25) is 11.8 Å². The van der Waals surface area contributed by atoms with Crippen LogP contribution in [0.1, 0.15) is 116 Å². The number of carbonyl (C=O) groups excluding carboxylic acids is 3. The third-order valence-corrected chi connectivity index (χ3v) is 17.6. The fourth-order valence-corrected chi connectivity index (χ4v) is 13.2. The third kappa shape index (κ3) is 8.86. The van der Waals surface area contributed by atoms with Crippen molar-refractivity contribution in [3.63, 3.8) is 0 Å². The number of hydrogen-bond acceptors (Lipinski definition) is 10. The van der Waals surface area contributed by atoms with E-state index >= 15 is 4.39 Å². The molecule has 1 saturated carbocycles. The average molecular weight is 996 g/mol. The Balaban J connectivity index is 0.673. The first kappa shape index (κ1) is 49.0. The minimum absolute atomic E-state index is 0.0414. The number of rotatable bonds is 11. The number of carbonyl (C=O) groups is 3. The van der Waals surface area contributed by atoms with Gasteiger partial charge in [-0.25, -0.2) is 13.8 Å². The lowest BCUT2D eigenvalue weighted by Crippen LogP contribution is -2.56. The lowest BCUT2D eigenvalue weighted by molar-refractivity contribution is -0.134. The van der Waals surface area contributed by atoms with Gasteiger partial charge in [0, 0.05) is 111 Å². The number of hydrogen-bond donors (Lipinski definition) is 3. The first-order chi connectivity index (χ1) is 35.1. The van der Waals surface area contributed by atoms with Crippen molar-refractivity contribution in [2.75, 3.05) is 56.5 Å². The number of pyridine rings is 2. The van der Waals surface area contributed by atoms with Gasteiger partial charge in [-0.1, -0.05) is 18.2 Å². The monoisotopic (exact) mass is 996 g/mol. The molecule has 3 unspecified atom stereocenters. The number of halogens is 2. The summed E-state index contributed by atoms with van der Waals surface area (Å²) >= 11 is 0. The molecule has 2 aromatic carbocycles. The van der Waals surface area contributed by atoms with Gasteiger partial charge in [-0.05, 0) is 150 Å². The lowest BCUT2D eigenvalue weighted by Gasteiger charge is -2.41. The van der Waals surface area contributed by atoms with Crippen molar-refractivity contribution in [3.05, 3.63) is 123 Å². The van der Waals surface area contributed by atoms with Gasteiger partial charge in [0.25, 0.3) is 11.5 Å². The van der Waals surface area contributed by atoms with E-state index in [9.17, 15) is 28.7 Å². The number of aromatic nitrogens is 3. The minimum Gasteiger partial charge on any atom is -0.386 e. The van der Waals surface area contributed by atoms with Gasteiger partial charge in [0.1, 0.15) is 23.7 Å². The van der Waals surface area contributed by atoms with Crippen molar-refractivity contribution in [1.82, 2.24) is 34.1 Å². The SMILES string of the molecule is CNc1cc(=O)n(-c2ccnc3c2cc([C@H](C)N2CC=C(c4c(C)cc(C(=O)N5CCC(CN6CCC(Cc7ccc8c(c7)C7(CC7)C(O)N8C7CCC(=O)NC7=O)C[C@@H]6C)CC5)cc4F)CC2)n3C)cc1F. The fraction of sp³-hybridized carbons (Fsp3) is 0.491. The first-order valence-corrected chi connectivity index (χ1v) is 26.4. The highest BCUT2D eigenvalue weighted by Gasteiger charge is 2.60. The van der Waals surface area contributed by atoms with Crippen LogP contribution in [0.4, 0.5) is 20.2 Å². The Labute approximate surface area is 425 Å². The maximum absolute atomic E-state index is 16.2. The second-order valence-electron chi connectivity index (χ2n) is 21.9.